The van der Waals surface area contributed by atoms with Gasteiger partial charge in [0.25, 0.3) is 0 Å². The summed E-state index contributed by atoms with van der Waals surface area (Å²) in [7, 11) is -1.54. The molecule has 6 nitrogen and oxygen atoms in total. The molecule has 28 heavy (non-hydrogen) atoms. The van der Waals surface area contributed by atoms with E-state index in [1.807, 2.05) is 30.3 Å². The lowest BCUT2D eigenvalue weighted by atomic mass is 10.3. The molecule has 8 heteroatoms. The lowest BCUT2D eigenvalue weighted by Crippen LogP contribution is -2.39. The van der Waals surface area contributed by atoms with Gasteiger partial charge in [-0.2, -0.15) is 0 Å². The SMILES string of the molecule is CN=C(NCCCOc1ccccc1)NCCCS(=O)(=O)c1ccccc1.I. The molecular formula is C20H28IN3O3S. The Morgan fingerprint density at radius 3 is 2.11 bits per heavy atom. The zero-order valence-corrected chi connectivity index (χ0v) is 19.2. The van der Waals surface area contributed by atoms with E-state index in [-0.39, 0.29) is 29.7 Å². The minimum atomic E-state index is -3.23. The molecule has 0 saturated heterocycles. The van der Waals surface area contributed by atoms with Crippen molar-refractivity contribution >= 4 is 39.8 Å². The number of sulfone groups is 1. The van der Waals surface area contributed by atoms with Crippen LogP contribution in [0.1, 0.15) is 12.8 Å². The molecule has 0 heterocycles. The average molecular weight is 517 g/mol. The van der Waals surface area contributed by atoms with Crippen molar-refractivity contribution in [2.75, 3.05) is 32.5 Å². The fraction of sp³-hybridized carbons (Fsp3) is 0.350. The van der Waals surface area contributed by atoms with Gasteiger partial charge in [-0.3, -0.25) is 4.99 Å². The summed E-state index contributed by atoms with van der Waals surface area (Å²) >= 11 is 0. The van der Waals surface area contributed by atoms with Gasteiger partial charge in [-0.1, -0.05) is 36.4 Å². The largest absolute Gasteiger partial charge is 0.494 e. The zero-order valence-electron chi connectivity index (χ0n) is 16.0. The van der Waals surface area contributed by atoms with Crippen LogP contribution in [0, 0.1) is 0 Å². The van der Waals surface area contributed by atoms with Gasteiger partial charge in [0.05, 0.1) is 17.3 Å². The van der Waals surface area contributed by atoms with Crippen molar-refractivity contribution in [1.82, 2.24) is 10.6 Å². The summed E-state index contributed by atoms with van der Waals surface area (Å²) in [4.78, 5) is 4.51. The molecule has 0 radical (unpaired) electrons. The average Bonchev–Trinajstić information content (AvgIpc) is 2.70. The number of hydrogen-bond acceptors (Lipinski definition) is 4. The third kappa shape index (κ3) is 8.92. The van der Waals surface area contributed by atoms with Crippen LogP contribution in [-0.2, 0) is 9.84 Å². The van der Waals surface area contributed by atoms with Crippen LogP contribution in [-0.4, -0.2) is 46.9 Å². The van der Waals surface area contributed by atoms with Crippen LogP contribution >= 0.6 is 24.0 Å². The van der Waals surface area contributed by atoms with Crippen molar-refractivity contribution in [3.05, 3.63) is 60.7 Å². The molecule has 0 saturated carbocycles. The minimum absolute atomic E-state index is 0. The summed E-state index contributed by atoms with van der Waals surface area (Å²) in [5.41, 5.74) is 0. The van der Waals surface area contributed by atoms with Crippen LogP contribution in [0.15, 0.2) is 70.6 Å². The first-order valence-corrected chi connectivity index (χ1v) is 10.7. The highest BCUT2D eigenvalue weighted by molar-refractivity contribution is 14.0. The van der Waals surface area contributed by atoms with Gasteiger partial charge in [0.2, 0.25) is 0 Å². The van der Waals surface area contributed by atoms with E-state index < -0.39 is 9.84 Å². The normalized spacial score (nSPS) is 11.4. The van der Waals surface area contributed by atoms with E-state index in [0.717, 1.165) is 18.7 Å². The van der Waals surface area contributed by atoms with Gasteiger partial charge >= 0.3 is 0 Å². The molecule has 0 spiro atoms. The van der Waals surface area contributed by atoms with Crippen LogP contribution in [0.2, 0.25) is 0 Å². The Hall–Kier alpha value is -1.81. The predicted octanol–water partition coefficient (Wildman–Crippen LogP) is 3.10. The number of benzene rings is 2. The van der Waals surface area contributed by atoms with Crippen molar-refractivity contribution in [2.24, 2.45) is 4.99 Å². The molecule has 0 bridgehead atoms. The number of halogens is 1. The Labute approximate surface area is 184 Å². The molecule has 0 fully saturated rings. The number of guanidine groups is 1. The van der Waals surface area contributed by atoms with Crippen LogP contribution in [0.25, 0.3) is 0 Å². The number of nitrogens with one attached hydrogen (secondary N) is 2. The van der Waals surface area contributed by atoms with Gasteiger partial charge in [-0.15, -0.1) is 24.0 Å². The fourth-order valence-electron chi connectivity index (χ4n) is 2.42. The highest BCUT2D eigenvalue weighted by Crippen LogP contribution is 2.10. The second kappa shape index (κ2) is 13.4. The van der Waals surface area contributed by atoms with Crippen molar-refractivity contribution in [1.29, 1.82) is 0 Å². The highest BCUT2D eigenvalue weighted by atomic mass is 127. The van der Waals surface area contributed by atoms with Crippen LogP contribution < -0.4 is 15.4 Å². The van der Waals surface area contributed by atoms with E-state index in [1.54, 1.807) is 37.4 Å². The van der Waals surface area contributed by atoms with Crippen molar-refractivity contribution in [3.8, 4) is 5.75 Å². The van der Waals surface area contributed by atoms with Gasteiger partial charge in [-0.05, 0) is 37.1 Å². The first kappa shape index (κ1) is 24.2. The molecule has 0 aliphatic rings. The van der Waals surface area contributed by atoms with E-state index in [4.69, 9.17) is 4.74 Å². The van der Waals surface area contributed by atoms with E-state index in [9.17, 15) is 8.42 Å². The highest BCUT2D eigenvalue weighted by Gasteiger charge is 2.13. The molecule has 0 amide bonds. The predicted molar refractivity (Wildman–Crippen MR) is 124 cm³/mol. The van der Waals surface area contributed by atoms with E-state index >= 15 is 0 Å². The Balaban J connectivity index is 0.00000392. The topological polar surface area (TPSA) is 79.8 Å². The summed E-state index contributed by atoms with van der Waals surface area (Å²) in [6, 6.07) is 18.2. The molecule has 0 aliphatic heterocycles. The van der Waals surface area contributed by atoms with Crippen LogP contribution in [0.5, 0.6) is 5.75 Å². The van der Waals surface area contributed by atoms with Gasteiger partial charge in [0.1, 0.15) is 5.75 Å². The fourth-order valence-corrected chi connectivity index (χ4v) is 3.75. The Morgan fingerprint density at radius 2 is 1.50 bits per heavy atom. The second-order valence-corrected chi connectivity index (χ2v) is 8.04. The molecule has 154 valence electrons. The number of ether oxygens (including phenoxy) is 1. The second-order valence-electron chi connectivity index (χ2n) is 5.93. The van der Waals surface area contributed by atoms with Gasteiger partial charge in [-0.25, -0.2) is 8.42 Å². The van der Waals surface area contributed by atoms with Gasteiger partial charge in [0, 0.05) is 20.1 Å². The maximum absolute atomic E-state index is 12.2. The number of hydrogen-bond donors (Lipinski definition) is 2. The number of aliphatic imine (C=N–C) groups is 1. The first-order valence-electron chi connectivity index (χ1n) is 9.02. The summed E-state index contributed by atoms with van der Waals surface area (Å²) in [6.45, 7) is 1.87. The summed E-state index contributed by atoms with van der Waals surface area (Å²) in [6.07, 6.45) is 1.34. The molecule has 2 aromatic carbocycles. The third-order valence-corrected chi connectivity index (χ3v) is 5.65. The van der Waals surface area contributed by atoms with Crippen molar-refractivity contribution in [2.45, 2.75) is 17.7 Å². The number of nitrogens with zero attached hydrogens (tertiary/aromatic N) is 1. The van der Waals surface area contributed by atoms with Crippen molar-refractivity contribution in [3.63, 3.8) is 0 Å². The lowest BCUT2D eigenvalue weighted by Gasteiger charge is -2.12. The van der Waals surface area contributed by atoms with Crippen molar-refractivity contribution < 1.29 is 13.2 Å². The molecule has 0 aliphatic carbocycles. The van der Waals surface area contributed by atoms with E-state index in [1.165, 1.54) is 0 Å². The van der Waals surface area contributed by atoms with Crippen LogP contribution in [0.3, 0.4) is 0 Å². The quantitative estimate of drug-likeness (QED) is 0.219. The van der Waals surface area contributed by atoms with E-state index in [2.05, 4.69) is 15.6 Å². The Bertz CT molecular complexity index is 800. The molecular weight excluding hydrogens is 489 g/mol. The van der Waals surface area contributed by atoms with Gasteiger partial charge < -0.3 is 15.4 Å². The first-order chi connectivity index (χ1) is 13.1. The molecule has 0 unspecified atom stereocenters. The lowest BCUT2D eigenvalue weighted by molar-refractivity contribution is 0.311. The third-order valence-electron chi connectivity index (χ3n) is 3.83. The Kier molecular flexibility index (Phi) is 11.6. The van der Waals surface area contributed by atoms with E-state index in [0.29, 0.717) is 30.4 Å². The Morgan fingerprint density at radius 1 is 0.929 bits per heavy atom. The molecule has 2 rings (SSSR count). The maximum atomic E-state index is 12.2. The van der Waals surface area contributed by atoms with Crippen LogP contribution in [0.4, 0.5) is 0 Å². The summed E-state index contributed by atoms with van der Waals surface area (Å²) < 4.78 is 30.1. The van der Waals surface area contributed by atoms with Gasteiger partial charge in [0.15, 0.2) is 15.8 Å². The smallest absolute Gasteiger partial charge is 0.190 e. The molecule has 2 N–H and O–H groups in total. The zero-order chi connectivity index (χ0) is 19.4. The standard InChI is InChI=1S/C20H27N3O3S.HI/c1-21-20(22-14-8-16-26-18-10-4-2-5-11-18)23-15-9-17-27(24,25)19-12-6-3-7-13-19;/h2-7,10-13H,8-9,14-17H2,1H3,(H2,21,22,23);1H. The molecule has 2 aromatic rings. The summed E-state index contributed by atoms with van der Waals surface area (Å²) in [5.74, 6) is 1.62. The minimum Gasteiger partial charge on any atom is -0.494 e. The number of para-hydroxylation sites is 1. The molecule has 0 aromatic heterocycles. The molecule has 0 atom stereocenters. The summed E-state index contributed by atoms with van der Waals surface area (Å²) in [5, 5.41) is 6.33. The number of rotatable bonds is 10. The monoisotopic (exact) mass is 517 g/mol. The maximum Gasteiger partial charge on any atom is 0.190 e.